The summed E-state index contributed by atoms with van der Waals surface area (Å²) >= 11 is 0. The summed E-state index contributed by atoms with van der Waals surface area (Å²) in [7, 11) is 0. The zero-order valence-corrected chi connectivity index (χ0v) is 12.9. The molecule has 2 amide bonds. The van der Waals surface area contributed by atoms with Crippen LogP contribution in [0.4, 0.5) is 0 Å². The summed E-state index contributed by atoms with van der Waals surface area (Å²) < 4.78 is 0. The van der Waals surface area contributed by atoms with Crippen LogP contribution in [0.2, 0.25) is 0 Å². The van der Waals surface area contributed by atoms with E-state index < -0.39 is 0 Å². The van der Waals surface area contributed by atoms with Gasteiger partial charge in [-0.15, -0.1) is 0 Å². The average molecular weight is 275 g/mol. The van der Waals surface area contributed by atoms with Crippen molar-refractivity contribution in [1.29, 1.82) is 0 Å². The number of hydrogen-bond acceptors (Lipinski definition) is 2. The molecule has 3 heteroatoms. The molecule has 110 valence electrons. The topological polar surface area (TPSA) is 37.4 Å². The molecule has 3 nitrogen and oxygen atoms in total. The number of allylic oxidation sites excluding steroid dienone is 5. The lowest BCUT2D eigenvalue weighted by atomic mass is 10.3. The molecule has 0 saturated heterocycles. The van der Waals surface area contributed by atoms with E-state index in [0.29, 0.717) is 5.70 Å². The van der Waals surface area contributed by atoms with Gasteiger partial charge in [-0.1, -0.05) is 64.8 Å². The maximum Gasteiger partial charge on any atom is 0.258 e. The highest BCUT2D eigenvalue weighted by atomic mass is 16.2. The average Bonchev–Trinajstić information content (AvgIpc) is 2.70. The van der Waals surface area contributed by atoms with E-state index in [1.807, 2.05) is 38.2 Å². The molecule has 0 unspecified atom stereocenters. The van der Waals surface area contributed by atoms with E-state index in [-0.39, 0.29) is 11.8 Å². The molecule has 20 heavy (non-hydrogen) atoms. The molecule has 0 aromatic heterocycles. The van der Waals surface area contributed by atoms with E-state index >= 15 is 0 Å². The quantitative estimate of drug-likeness (QED) is 0.710. The summed E-state index contributed by atoms with van der Waals surface area (Å²) in [4.78, 5) is 23.8. The van der Waals surface area contributed by atoms with E-state index in [0.717, 1.165) is 6.42 Å². The zero-order valence-electron chi connectivity index (χ0n) is 12.9. The van der Waals surface area contributed by atoms with Crippen molar-refractivity contribution in [2.75, 3.05) is 0 Å². The normalized spacial score (nSPS) is 16.0. The minimum Gasteiger partial charge on any atom is -0.269 e. The molecule has 2 rings (SSSR count). The van der Waals surface area contributed by atoms with Gasteiger partial charge in [0.05, 0.1) is 0 Å². The van der Waals surface area contributed by atoms with Crippen LogP contribution in [0.3, 0.4) is 0 Å². The van der Waals surface area contributed by atoms with Crippen LogP contribution < -0.4 is 0 Å². The standard InChI is InChI=1S/C11H9NO2.C4H10.C2H6/c13-10-7-8-11(14)12(10)9-5-3-1-2-4-6-9;1-3-4-2;1-2/h1-3,5-8H,4H2;3-4H2,1-2H3;1-2H3. The van der Waals surface area contributed by atoms with Crippen LogP contribution in [0.15, 0.2) is 48.2 Å². The van der Waals surface area contributed by atoms with Crippen LogP contribution in [0.5, 0.6) is 0 Å². The molecule has 1 aliphatic heterocycles. The van der Waals surface area contributed by atoms with Crippen molar-refractivity contribution in [3.8, 4) is 0 Å². The maximum absolute atomic E-state index is 11.3. The van der Waals surface area contributed by atoms with Gasteiger partial charge in [0.25, 0.3) is 11.8 Å². The van der Waals surface area contributed by atoms with Gasteiger partial charge in [-0.2, -0.15) is 0 Å². The first-order chi connectivity index (χ1) is 9.70. The van der Waals surface area contributed by atoms with Crippen molar-refractivity contribution >= 4 is 11.8 Å². The van der Waals surface area contributed by atoms with E-state index in [9.17, 15) is 9.59 Å². The molecule has 1 aliphatic carbocycles. The number of carbonyl (C=O) groups excluding carboxylic acids is 2. The summed E-state index contributed by atoms with van der Waals surface area (Å²) in [5.74, 6) is -0.541. The second-order valence-corrected chi connectivity index (χ2v) is 4.00. The Morgan fingerprint density at radius 2 is 1.50 bits per heavy atom. The SMILES string of the molecule is CC.CCCC.O=C1C=CC(=O)N1C1=CCC=CC=C1. The predicted molar refractivity (Wildman–Crippen MR) is 83.9 cm³/mol. The van der Waals surface area contributed by atoms with Crippen LogP contribution >= 0.6 is 0 Å². The summed E-state index contributed by atoms with van der Waals surface area (Å²) in [5, 5.41) is 0. The Labute approximate surface area is 122 Å². The van der Waals surface area contributed by atoms with Gasteiger partial charge in [-0.25, -0.2) is 4.90 Å². The number of unbranched alkanes of at least 4 members (excludes halogenated alkanes) is 1. The Kier molecular flexibility index (Phi) is 9.93. The fourth-order valence-electron chi connectivity index (χ4n) is 1.39. The monoisotopic (exact) mass is 275 g/mol. The second-order valence-electron chi connectivity index (χ2n) is 4.00. The molecule has 1 heterocycles. The van der Waals surface area contributed by atoms with Gasteiger partial charge in [-0.05, 0) is 12.5 Å². The van der Waals surface area contributed by atoms with E-state index in [2.05, 4.69) is 13.8 Å². The lowest BCUT2D eigenvalue weighted by Gasteiger charge is -2.14. The van der Waals surface area contributed by atoms with Gasteiger partial charge in [0, 0.05) is 17.8 Å². The molecule has 0 aromatic rings. The van der Waals surface area contributed by atoms with Crippen molar-refractivity contribution in [3.63, 3.8) is 0 Å². The van der Waals surface area contributed by atoms with Crippen LogP contribution in [-0.2, 0) is 9.59 Å². The number of hydrogen-bond donors (Lipinski definition) is 0. The van der Waals surface area contributed by atoms with Gasteiger partial charge in [0.15, 0.2) is 0 Å². The minimum absolute atomic E-state index is 0.271. The van der Waals surface area contributed by atoms with E-state index in [1.165, 1.54) is 29.9 Å². The number of amides is 2. The molecule has 0 fully saturated rings. The Balaban J connectivity index is 0.000000521. The number of nitrogens with zero attached hydrogens (tertiary/aromatic N) is 1. The third-order valence-corrected chi connectivity index (χ3v) is 2.54. The van der Waals surface area contributed by atoms with Gasteiger partial charge in [-0.3, -0.25) is 9.59 Å². The van der Waals surface area contributed by atoms with Crippen LogP contribution in [0.1, 0.15) is 47.0 Å². The molecule has 0 aromatic carbocycles. The van der Waals surface area contributed by atoms with Crippen molar-refractivity contribution in [2.24, 2.45) is 0 Å². The largest absolute Gasteiger partial charge is 0.269 e. The van der Waals surface area contributed by atoms with Gasteiger partial charge in [0.1, 0.15) is 0 Å². The smallest absolute Gasteiger partial charge is 0.258 e. The molecule has 0 atom stereocenters. The molecule has 0 radical (unpaired) electrons. The van der Waals surface area contributed by atoms with Crippen LogP contribution in [0, 0.1) is 0 Å². The van der Waals surface area contributed by atoms with Gasteiger partial charge in [0.2, 0.25) is 0 Å². The van der Waals surface area contributed by atoms with Gasteiger partial charge < -0.3 is 0 Å². The number of carbonyl (C=O) groups is 2. The Bertz CT molecular complexity index is 408. The third kappa shape index (κ3) is 5.83. The fourth-order valence-corrected chi connectivity index (χ4v) is 1.39. The summed E-state index contributed by atoms with van der Waals surface area (Å²) in [6.07, 6.45) is 15.2. The van der Waals surface area contributed by atoms with E-state index in [4.69, 9.17) is 0 Å². The van der Waals surface area contributed by atoms with Crippen LogP contribution in [0.25, 0.3) is 0 Å². The first kappa shape index (κ1) is 18.1. The van der Waals surface area contributed by atoms with Crippen molar-refractivity contribution in [2.45, 2.75) is 47.0 Å². The Morgan fingerprint density at radius 3 is 2.00 bits per heavy atom. The minimum atomic E-state index is -0.271. The molecule has 0 N–H and O–H groups in total. The highest BCUT2D eigenvalue weighted by Gasteiger charge is 2.25. The Hall–Kier alpha value is -1.90. The molecule has 0 spiro atoms. The van der Waals surface area contributed by atoms with Crippen molar-refractivity contribution < 1.29 is 9.59 Å². The van der Waals surface area contributed by atoms with Gasteiger partial charge >= 0.3 is 0 Å². The molecule has 0 saturated carbocycles. The first-order valence-electron chi connectivity index (χ1n) is 7.30. The second kappa shape index (κ2) is 11.0. The summed E-state index contributed by atoms with van der Waals surface area (Å²) in [6, 6.07) is 0. The zero-order chi connectivity index (χ0) is 15.4. The molecule has 0 bridgehead atoms. The maximum atomic E-state index is 11.3. The highest BCUT2D eigenvalue weighted by molar-refractivity contribution is 6.14. The molecular weight excluding hydrogens is 250 g/mol. The lowest BCUT2D eigenvalue weighted by molar-refractivity contribution is -0.134. The molecular formula is C17H25NO2. The number of rotatable bonds is 2. The van der Waals surface area contributed by atoms with Crippen molar-refractivity contribution in [3.05, 3.63) is 48.2 Å². The molecule has 2 aliphatic rings. The number of imide groups is 1. The van der Waals surface area contributed by atoms with E-state index in [1.54, 1.807) is 6.08 Å². The summed E-state index contributed by atoms with van der Waals surface area (Å²) in [6.45, 7) is 8.36. The van der Waals surface area contributed by atoms with Crippen LogP contribution in [-0.4, -0.2) is 16.7 Å². The lowest BCUT2D eigenvalue weighted by Crippen LogP contribution is -2.28. The third-order valence-electron chi connectivity index (χ3n) is 2.54. The predicted octanol–water partition coefficient (Wildman–Crippen LogP) is 4.14. The highest BCUT2D eigenvalue weighted by Crippen LogP contribution is 2.16. The van der Waals surface area contributed by atoms with Crippen molar-refractivity contribution in [1.82, 2.24) is 4.90 Å². The fraction of sp³-hybridized carbons (Fsp3) is 0.412. The first-order valence-corrected chi connectivity index (χ1v) is 7.30. The Morgan fingerprint density at radius 1 is 0.950 bits per heavy atom. The summed E-state index contributed by atoms with van der Waals surface area (Å²) in [5.41, 5.74) is 0.648.